The number of hydrogen-bond donors (Lipinski definition) is 2. The summed E-state index contributed by atoms with van der Waals surface area (Å²) in [6, 6.07) is 9.54. The van der Waals surface area contributed by atoms with Crippen LogP contribution in [0.4, 0.5) is 11.6 Å². The second-order valence-electron chi connectivity index (χ2n) is 3.30. The molecule has 0 saturated heterocycles. The van der Waals surface area contributed by atoms with Gasteiger partial charge < -0.3 is 5.32 Å². The molecule has 0 amide bonds. The van der Waals surface area contributed by atoms with Crippen LogP contribution in [0.3, 0.4) is 0 Å². The first-order valence-corrected chi connectivity index (χ1v) is 5.54. The summed E-state index contributed by atoms with van der Waals surface area (Å²) in [6.45, 7) is 1.77. The number of H-pyrrole nitrogens is 1. The van der Waals surface area contributed by atoms with E-state index in [0.717, 1.165) is 5.69 Å². The summed E-state index contributed by atoms with van der Waals surface area (Å²) < 4.78 is 0.464. The maximum atomic E-state index is 11.5. The molecule has 2 N–H and O–H groups in total. The van der Waals surface area contributed by atoms with Crippen LogP contribution in [-0.2, 0) is 0 Å². The lowest BCUT2D eigenvalue weighted by atomic mass is 10.3. The summed E-state index contributed by atoms with van der Waals surface area (Å²) in [6.07, 6.45) is 0. The molecule has 16 heavy (non-hydrogen) atoms. The van der Waals surface area contributed by atoms with Gasteiger partial charge in [-0.15, -0.1) is 0 Å². The van der Waals surface area contributed by atoms with Crippen molar-refractivity contribution in [1.29, 1.82) is 0 Å². The molecule has 1 aromatic carbocycles. The number of aromatic nitrogens is 2. The summed E-state index contributed by atoms with van der Waals surface area (Å²) >= 11 is 3.16. The van der Waals surface area contributed by atoms with Gasteiger partial charge in [0, 0.05) is 5.69 Å². The van der Waals surface area contributed by atoms with E-state index in [1.807, 2.05) is 30.3 Å². The van der Waals surface area contributed by atoms with Gasteiger partial charge in [0.2, 0.25) is 5.95 Å². The topological polar surface area (TPSA) is 57.8 Å². The van der Waals surface area contributed by atoms with Crippen molar-refractivity contribution in [2.45, 2.75) is 6.92 Å². The third-order valence-electron chi connectivity index (χ3n) is 2.06. The molecule has 1 aromatic heterocycles. The van der Waals surface area contributed by atoms with Gasteiger partial charge in [-0.2, -0.15) is 0 Å². The Balaban J connectivity index is 2.33. The van der Waals surface area contributed by atoms with Crippen molar-refractivity contribution < 1.29 is 0 Å². The summed E-state index contributed by atoms with van der Waals surface area (Å²) in [5, 5.41) is 3.03. The van der Waals surface area contributed by atoms with E-state index in [2.05, 4.69) is 31.2 Å². The van der Waals surface area contributed by atoms with E-state index in [9.17, 15) is 4.79 Å². The Bertz CT molecular complexity index is 551. The smallest absolute Gasteiger partial charge is 0.266 e. The highest BCUT2D eigenvalue weighted by atomic mass is 79.9. The normalized spacial score (nSPS) is 10.1. The minimum atomic E-state index is -0.189. The lowest BCUT2D eigenvalue weighted by Crippen LogP contribution is -2.13. The predicted molar refractivity (Wildman–Crippen MR) is 67.0 cm³/mol. The molecular weight excluding hydrogens is 270 g/mol. The van der Waals surface area contributed by atoms with E-state index in [-0.39, 0.29) is 5.56 Å². The van der Waals surface area contributed by atoms with Crippen LogP contribution in [0, 0.1) is 6.92 Å². The number of halogens is 1. The van der Waals surface area contributed by atoms with Gasteiger partial charge in [0.1, 0.15) is 4.47 Å². The molecule has 0 radical (unpaired) electrons. The number of benzene rings is 1. The molecule has 82 valence electrons. The van der Waals surface area contributed by atoms with Crippen molar-refractivity contribution in [3.8, 4) is 0 Å². The summed E-state index contributed by atoms with van der Waals surface area (Å²) in [5.41, 5.74) is 1.35. The number of hydrogen-bond acceptors (Lipinski definition) is 3. The minimum Gasteiger partial charge on any atom is -0.326 e. The molecule has 4 nitrogen and oxygen atoms in total. The number of aryl methyl sites for hydroxylation is 1. The highest BCUT2D eigenvalue weighted by Crippen LogP contribution is 2.13. The molecule has 2 aromatic rings. The molecule has 0 spiro atoms. The first-order chi connectivity index (χ1) is 7.66. The Hall–Kier alpha value is -1.62. The standard InChI is InChI=1S/C11H10BrN3O/c1-7-9(12)10(16)15-11(13-7)14-8-5-3-2-4-6-8/h2-6H,1H3,(H2,13,14,15,16). The van der Waals surface area contributed by atoms with Gasteiger partial charge in [-0.3, -0.25) is 9.78 Å². The van der Waals surface area contributed by atoms with Crippen molar-refractivity contribution in [2.75, 3.05) is 5.32 Å². The highest BCUT2D eigenvalue weighted by molar-refractivity contribution is 9.10. The van der Waals surface area contributed by atoms with E-state index in [1.54, 1.807) is 6.92 Å². The van der Waals surface area contributed by atoms with E-state index >= 15 is 0 Å². The predicted octanol–water partition coefficient (Wildman–Crippen LogP) is 2.58. The molecule has 0 aliphatic carbocycles. The van der Waals surface area contributed by atoms with Gasteiger partial charge in [0.25, 0.3) is 5.56 Å². The van der Waals surface area contributed by atoms with Gasteiger partial charge in [0.15, 0.2) is 0 Å². The quantitative estimate of drug-likeness (QED) is 0.889. The van der Waals surface area contributed by atoms with Crippen molar-refractivity contribution in [1.82, 2.24) is 9.97 Å². The molecule has 0 fully saturated rings. The molecule has 0 unspecified atom stereocenters. The van der Waals surface area contributed by atoms with Crippen LogP contribution >= 0.6 is 15.9 Å². The Kier molecular flexibility index (Phi) is 3.05. The number of aromatic amines is 1. The molecule has 0 aliphatic rings. The zero-order valence-electron chi connectivity index (χ0n) is 8.62. The van der Waals surface area contributed by atoms with Crippen LogP contribution in [0.1, 0.15) is 5.69 Å². The van der Waals surface area contributed by atoms with Crippen molar-refractivity contribution in [3.63, 3.8) is 0 Å². The molecule has 5 heteroatoms. The third kappa shape index (κ3) is 2.30. The first-order valence-electron chi connectivity index (χ1n) is 4.75. The van der Waals surface area contributed by atoms with E-state index in [1.165, 1.54) is 0 Å². The molecule has 0 atom stereocenters. The lowest BCUT2D eigenvalue weighted by Gasteiger charge is -2.06. The Labute approximate surface area is 101 Å². The third-order valence-corrected chi connectivity index (χ3v) is 3.00. The highest BCUT2D eigenvalue weighted by Gasteiger charge is 2.04. The van der Waals surface area contributed by atoms with Gasteiger partial charge in [-0.05, 0) is 35.0 Å². The lowest BCUT2D eigenvalue weighted by molar-refractivity contribution is 1.05. The first kappa shape index (κ1) is 10.9. The minimum absolute atomic E-state index is 0.189. The molecule has 1 heterocycles. The van der Waals surface area contributed by atoms with Crippen molar-refractivity contribution in [2.24, 2.45) is 0 Å². The SMILES string of the molecule is Cc1nc(Nc2ccccc2)[nH]c(=O)c1Br. The average Bonchev–Trinajstić information content (AvgIpc) is 2.27. The van der Waals surface area contributed by atoms with E-state index in [4.69, 9.17) is 0 Å². The van der Waals surface area contributed by atoms with Crippen molar-refractivity contribution in [3.05, 3.63) is 50.9 Å². The second-order valence-corrected chi connectivity index (χ2v) is 4.10. The Morgan fingerprint density at radius 3 is 2.62 bits per heavy atom. The average molecular weight is 280 g/mol. The van der Waals surface area contributed by atoms with Crippen LogP contribution in [0.5, 0.6) is 0 Å². The summed E-state index contributed by atoms with van der Waals surface area (Å²) in [4.78, 5) is 18.3. The van der Waals surface area contributed by atoms with Gasteiger partial charge >= 0.3 is 0 Å². The number of rotatable bonds is 2. The Morgan fingerprint density at radius 1 is 1.31 bits per heavy atom. The molecule has 2 rings (SSSR count). The molecule has 0 bridgehead atoms. The summed E-state index contributed by atoms with van der Waals surface area (Å²) in [7, 11) is 0. The maximum Gasteiger partial charge on any atom is 0.266 e. The van der Waals surface area contributed by atoms with Crippen LogP contribution < -0.4 is 10.9 Å². The van der Waals surface area contributed by atoms with E-state index < -0.39 is 0 Å². The zero-order valence-corrected chi connectivity index (χ0v) is 10.2. The number of anilines is 2. The van der Waals surface area contributed by atoms with Gasteiger partial charge in [-0.1, -0.05) is 18.2 Å². The molecule has 0 saturated carbocycles. The largest absolute Gasteiger partial charge is 0.326 e. The van der Waals surface area contributed by atoms with Crippen LogP contribution in [0.25, 0.3) is 0 Å². The molecule has 0 aliphatic heterocycles. The second kappa shape index (κ2) is 4.49. The number of nitrogens with zero attached hydrogens (tertiary/aromatic N) is 1. The Morgan fingerprint density at radius 2 is 2.00 bits per heavy atom. The van der Waals surface area contributed by atoms with Gasteiger partial charge in [-0.25, -0.2) is 4.98 Å². The number of nitrogens with one attached hydrogen (secondary N) is 2. The van der Waals surface area contributed by atoms with E-state index in [0.29, 0.717) is 16.1 Å². The van der Waals surface area contributed by atoms with Crippen LogP contribution in [0.15, 0.2) is 39.6 Å². The fourth-order valence-electron chi connectivity index (χ4n) is 1.29. The summed E-state index contributed by atoms with van der Waals surface area (Å²) in [5.74, 6) is 0.442. The fraction of sp³-hybridized carbons (Fsp3) is 0.0909. The zero-order chi connectivity index (χ0) is 11.5. The number of para-hydroxylation sites is 1. The van der Waals surface area contributed by atoms with Gasteiger partial charge in [0.05, 0.1) is 5.69 Å². The molecular formula is C11H10BrN3O. The monoisotopic (exact) mass is 279 g/mol. The van der Waals surface area contributed by atoms with Crippen LogP contribution in [-0.4, -0.2) is 9.97 Å². The van der Waals surface area contributed by atoms with Crippen molar-refractivity contribution >= 4 is 27.6 Å². The fourth-order valence-corrected chi connectivity index (χ4v) is 1.48. The maximum absolute atomic E-state index is 11.5. The van der Waals surface area contributed by atoms with Crippen LogP contribution in [0.2, 0.25) is 0 Å².